The van der Waals surface area contributed by atoms with Gasteiger partial charge in [0.25, 0.3) is 0 Å². The van der Waals surface area contributed by atoms with E-state index in [0.717, 1.165) is 16.4 Å². The van der Waals surface area contributed by atoms with Gasteiger partial charge in [-0.1, -0.05) is 36.0 Å². The summed E-state index contributed by atoms with van der Waals surface area (Å²) in [6, 6.07) is 14.5. The van der Waals surface area contributed by atoms with Crippen LogP contribution < -0.4 is 5.32 Å². The average molecular weight is 314 g/mol. The van der Waals surface area contributed by atoms with Crippen LogP contribution in [-0.2, 0) is 5.75 Å². The van der Waals surface area contributed by atoms with E-state index in [0.29, 0.717) is 11.7 Å². The van der Waals surface area contributed by atoms with E-state index in [1.165, 1.54) is 29.5 Å². The van der Waals surface area contributed by atoms with Crippen molar-refractivity contribution < 1.29 is 4.39 Å². The Bertz CT molecular complexity index is 755. The summed E-state index contributed by atoms with van der Waals surface area (Å²) in [5.41, 5.74) is 3.16. The first-order valence-electron chi connectivity index (χ1n) is 6.82. The summed E-state index contributed by atoms with van der Waals surface area (Å²) in [5, 5.41) is 10.9. The summed E-state index contributed by atoms with van der Waals surface area (Å²) in [6.07, 6.45) is 0. The number of hydrogen-bond acceptors (Lipinski definition) is 4. The Morgan fingerprint density at radius 3 is 2.77 bits per heavy atom. The number of hydrogen-bond donors (Lipinski definition) is 2. The summed E-state index contributed by atoms with van der Waals surface area (Å²) in [4.78, 5) is 4.38. The molecule has 0 unspecified atom stereocenters. The van der Waals surface area contributed by atoms with Crippen molar-refractivity contribution in [3.05, 3.63) is 65.5 Å². The number of nitrogens with one attached hydrogen (secondary N) is 2. The number of aromatic amines is 1. The molecule has 0 bridgehead atoms. The molecule has 0 amide bonds. The molecule has 1 aromatic heterocycles. The number of benzene rings is 2. The number of aromatic nitrogens is 3. The van der Waals surface area contributed by atoms with Gasteiger partial charge >= 0.3 is 0 Å². The van der Waals surface area contributed by atoms with Gasteiger partial charge < -0.3 is 5.32 Å². The van der Waals surface area contributed by atoms with Gasteiger partial charge in [-0.2, -0.15) is 4.98 Å². The van der Waals surface area contributed by atoms with Crippen molar-refractivity contribution in [2.75, 3.05) is 5.32 Å². The first-order chi connectivity index (χ1) is 10.7. The minimum atomic E-state index is -0.224. The SMILES string of the molecule is Cc1cccc(Nc2n[nH]c(SCc3ccc(F)cc3)n2)c1. The Balaban J connectivity index is 1.60. The highest BCUT2D eigenvalue weighted by Crippen LogP contribution is 2.21. The lowest BCUT2D eigenvalue weighted by molar-refractivity contribution is 0.627. The lowest BCUT2D eigenvalue weighted by Gasteiger charge is -2.01. The van der Waals surface area contributed by atoms with Crippen LogP contribution in [0.4, 0.5) is 16.0 Å². The van der Waals surface area contributed by atoms with Crippen LogP contribution in [-0.4, -0.2) is 15.2 Å². The van der Waals surface area contributed by atoms with Crippen molar-refractivity contribution in [2.45, 2.75) is 17.8 Å². The van der Waals surface area contributed by atoms with Crippen LogP contribution in [0.1, 0.15) is 11.1 Å². The Morgan fingerprint density at radius 1 is 1.18 bits per heavy atom. The molecule has 112 valence electrons. The summed E-state index contributed by atoms with van der Waals surface area (Å²) >= 11 is 1.52. The van der Waals surface area contributed by atoms with Crippen molar-refractivity contribution in [1.82, 2.24) is 15.2 Å². The van der Waals surface area contributed by atoms with Gasteiger partial charge in [0.2, 0.25) is 5.95 Å². The first kappa shape index (κ1) is 14.6. The molecule has 0 fully saturated rings. The van der Waals surface area contributed by atoms with Crippen LogP contribution in [0.15, 0.2) is 53.7 Å². The Kier molecular flexibility index (Phi) is 4.39. The molecule has 0 radical (unpaired) electrons. The number of nitrogens with zero attached hydrogens (tertiary/aromatic N) is 2. The lowest BCUT2D eigenvalue weighted by atomic mass is 10.2. The van der Waals surface area contributed by atoms with Crippen molar-refractivity contribution in [3.8, 4) is 0 Å². The maximum absolute atomic E-state index is 12.8. The van der Waals surface area contributed by atoms with Gasteiger partial charge in [-0.25, -0.2) is 4.39 Å². The fraction of sp³-hybridized carbons (Fsp3) is 0.125. The highest BCUT2D eigenvalue weighted by molar-refractivity contribution is 7.98. The fourth-order valence-corrected chi connectivity index (χ4v) is 2.71. The maximum atomic E-state index is 12.8. The normalized spacial score (nSPS) is 10.6. The van der Waals surface area contributed by atoms with Crippen LogP contribution in [0.3, 0.4) is 0 Å². The molecule has 0 aliphatic heterocycles. The molecule has 22 heavy (non-hydrogen) atoms. The van der Waals surface area contributed by atoms with Crippen LogP contribution in [0.2, 0.25) is 0 Å². The molecular formula is C16H15FN4S. The Labute approximate surface area is 132 Å². The standard InChI is InChI=1S/C16H15FN4S/c1-11-3-2-4-14(9-11)18-15-19-16(21-20-15)22-10-12-5-7-13(17)8-6-12/h2-9H,10H2,1H3,(H2,18,19,20,21). The van der Waals surface area contributed by atoms with Gasteiger partial charge in [-0.3, -0.25) is 5.10 Å². The second kappa shape index (κ2) is 6.62. The number of halogens is 1. The van der Waals surface area contributed by atoms with Gasteiger partial charge in [0.15, 0.2) is 5.16 Å². The highest BCUT2D eigenvalue weighted by Gasteiger charge is 2.05. The third-order valence-electron chi connectivity index (χ3n) is 3.03. The van der Waals surface area contributed by atoms with E-state index in [4.69, 9.17) is 0 Å². The summed E-state index contributed by atoms with van der Waals surface area (Å²) < 4.78 is 12.8. The van der Waals surface area contributed by atoms with Crippen LogP contribution >= 0.6 is 11.8 Å². The first-order valence-corrected chi connectivity index (χ1v) is 7.81. The molecule has 0 saturated carbocycles. The van der Waals surface area contributed by atoms with Crippen LogP contribution in [0.25, 0.3) is 0 Å². The maximum Gasteiger partial charge on any atom is 0.247 e. The quantitative estimate of drug-likeness (QED) is 0.690. The number of anilines is 2. The molecule has 0 saturated heterocycles. The van der Waals surface area contributed by atoms with Gasteiger partial charge in [0.1, 0.15) is 5.82 Å². The minimum Gasteiger partial charge on any atom is -0.323 e. The van der Waals surface area contributed by atoms with E-state index in [1.807, 2.05) is 31.2 Å². The molecule has 3 aromatic rings. The molecule has 0 atom stereocenters. The van der Waals surface area contributed by atoms with Crippen molar-refractivity contribution in [2.24, 2.45) is 0 Å². The van der Waals surface area contributed by atoms with E-state index in [1.54, 1.807) is 12.1 Å². The van der Waals surface area contributed by atoms with Crippen LogP contribution in [0.5, 0.6) is 0 Å². The second-order valence-corrected chi connectivity index (χ2v) is 5.84. The third-order valence-corrected chi connectivity index (χ3v) is 3.96. The summed E-state index contributed by atoms with van der Waals surface area (Å²) in [5.74, 6) is 1.02. The third kappa shape index (κ3) is 3.85. The molecule has 3 rings (SSSR count). The van der Waals surface area contributed by atoms with E-state index in [9.17, 15) is 4.39 Å². The van der Waals surface area contributed by atoms with Crippen molar-refractivity contribution in [1.29, 1.82) is 0 Å². The number of thioether (sulfide) groups is 1. The Morgan fingerprint density at radius 2 is 2.00 bits per heavy atom. The van der Waals surface area contributed by atoms with Crippen LogP contribution in [0, 0.1) is 12.7 Å². The van der Waals surface area contributed by atoms with E-state index >= 15 is 0 Å². The smallest absolute Gasteiger partial charge is 0.247 e. The van der Waals surface area contributed by atoms with Gasteiger partial charge in [-0.15, -0.1) is 5.10 Å². The number of H-pyrrole nitrogens is 1. The lowest BCUT2D eigenvalue weighted by Crippen LogP contribution is -1.92. The molecule has 2 aromatic carbocycles. The van der Waals surface area contributed by atoms with Gasteiger partial charge in [-0.05, 0) is 42.3 Å². The molecule has 0 aliphatic rings. The van der Waals surface area contributed by atoms with Crippen molar-refractivity contribution >= 4 is 23.4 Å². The molecule has 6 heteroatoms. The topological polar surface area (TPSA) is 53.6 Å². The predicted molar refractivity (Wildman–Crippen MR) is 86.8 cm³/mol. The largest absolute Gasteiger partial charge is 0.323 e. The highest BCUT2D eigenvalue weighted by atomic mass is 32.2. The Hall–Kier alpha value is -2.34. The number of rotatable bonds is 5. The van der Waals surface area contributed by atoms with Crippen molar-refractivity contribution in [3.63, 3.8) is 0 Å². The monoisotopic (exact) mass is 314 g/mol. The summed E-state index contributed by atoms with van der Waals surface area (Å²) in [7, 11) is 0. The second-order valence-electron chi connectivity index (χ2n) is 4.87. The number of aryl methyl sites for hydroxylation is 1. The predicted octanol–water partition coefficient (Wildman–Crippen LogP) is 4.29. The molecule has 0 aliphatic carbocycles. The van der Waals surface area contributed by atoms with Gasteiger partial charge in [0, 0.05) is 11.4 Å². The minimum absolute atomic E-state index is 0.224. The average Bonchev–Trinajstić information content (AvgIpc) is 2.94. The molecular weight excluding hydrogens is 299 g/mol. The zero-order chi connectivity index (χ0) is 15.4. The van der Waals surface area contributed by atoms with E-state index < -0.39 is 0 Å². The van der Waals surface area contributed by atoms with E-state index in [-0.39, 0.29) is 5.82 Å². The summed E-state index contributed by atoms with van der Waals surface area (Å²) in [6.45, 7) is 2.03. The zero-order valence-corrected chi connectivity index (χ0v) is 12.8. The molecule has 0 spiro atoms. The zero-order valence-electron chi connectivity index (χ0n) is 12.0. The molecule has 4 nitrogen and oxygen atoms in total. The fourth-order valence-electron chi connectivity index (χ4n) is 1.95. The van der Waals surface area contributed by atoms with E-state index in [2.05, 4.69) is 20.5 Å². The molecule has 1 heterocycles. The van der Waals surface area contributed by atoms with Gasteiger partial charge in [0.05, 0.1) is 0 Å². The molecule has 2 N–H and O–H groups in total.